The molecule has 2 aromatic carbocycles. The summed E-state index contributed by atoms with van der Waals surface area (Å²) in [6.07, 6.45) is -0.239. The van der Waals surface area contributed by atoms with Crippen molar-refractivity contribution in [2.45, 2.75) is 42.9 Å². The highest BCUT2D eigenvalue weighted by Crippen LogP contribution is 2.36. The number of nitrogens with zero attached hydrogens (tertiary/aromatic N) is 2. The van der Waals surface area contributed by atoms with E-state index < -0.39 is 15.7 Å². The second kappa shape index (κ2) is 7.85. The van der Waals surface area contributed by atoms with E-state index in [4.69, 9.17) is 9.15 Å². The summed E-state index contributed by atoms with van der Waals surface area (Å²) in [5.41, 5.74) is 1.05. The van der Waals surface area contributed by atoms with E-state index in [1.54, 1.807) is 29.2 Å². The molecule has 1 fully saturated rings. The van der Waals surface area contributed by atoms with Crippen molar-refractivity contribution in [2.75, 3.05) is 18.0 Å². The van der Waals surface area contributed by atoms with Crippen LogP contribution in [-0.4, -0.2) is 38.7 Å². The Labute approximate surface area is 175 Å². The summed E-state index contributed by atoms with van der Waals surface area (Å²) in [7, 11) is -3.98. The molecule has 30 heavy (non-hydrogen) atoms. The molecule has 1 aliphatic rings. The van der Waals surface area contributed by atoms with E-state index in [1.807, 2.05) is 20.8 Å². The molecular formula is C22H23FN2O4S. The number of rotatable bonds is 4. The molecule has 0 radical (unpaired) electrons. The summed E-state index contributed by atoms with van der Waals surface area (Å²) >= 11 is 0. The summed E-state index contributed by atoms with van der Waals surface area (Å²) in [6, 6.07) is 12.5. The summed E-state index contributed by atoms with van der Waals surface area (Å²) in [5.74, 6) is -0.496. The number of aromatic nitrogens is 1. The standard InChI is InChI=1S/C22H23FN2O4S/c1-14-8-10-17(11-9-14)30(26,27)21-22(25-12-15(2)28-16(3)13-25)29-20(24-21)18-6-4-5-7-19(18)23/h4-11,15-16H,12-13H2,1-3H3/t15-,16-/m0/s1. The molecule has 0 unspecified atom stereocenters. The molecule has 6 nitrogen and oxygen atoms in total. The minimum absolute atomic E-state index is 0.0689. The molecular weight excluding hydrogens is 407 g/mol. The number of benzene rings is 2. The van der Waals surface area contributed by atoms with E-state index >= 15 is 0 Å². The van der Waals surface area contributed by atoms with Gasteiger partial charge in [0.2, 0.25) is 26.6 Å². The maximum atomic E-state index is 14.4. The van der Waals surface area contributed by atoms with Crippen LogP contribution in [-0.2, 0) is 14.6 Å². The number of anilines is 1. The van der Waals surface area contributed by atoms with Crippen LogP contribution in [0.5, 0.6) is 0 Å². The predicted octanol–water partition coefficient (Wildman–Crippen LogP) is 4.24. The first-order valence-corrected chi connectivity index (χ1v) is 11.2. The lowest BCUT2D eigenvalue weighted by Gasteiger charge is -2.35. The van der Waals surface area contributed by atoms with E-state index in [0.717, 1.165) is 5.56 Å². The summed E-state index contributed by atoms with van der Waals surface area (Å²) < 4.78 is 52.9. The zero-order valence-electron chi connectivity index (χ0n) is 17.0. The molecule has 3 aromatic rings. The summed E-state index contributed by atoms with van der Waals surface area (Å²) in [6.45, 7) is 6.57. The Balaban J connectivity index is 1.87. The second-order valence-corrected chi connectivity index (χ2v) is 9.45. The third kappa shape index (κ3) is 3.85. The minimum Gasteiger partial charge on any atom is -0.419 e. The lowest BCUT2D eigenvalue weighted by atomic mass is 10.2. The van der Waals surface area contributed by atoms with Crippen LogP contribution in [0.1, 0.15) is 19.4 Å². The third-order valence-electron chi connectivity index (χ3n) is 4.98. The molecule has 0 spiro atoms. The molecule has 0 N–H and O–H groups in total. The van der Waals surface area contributed by atoms with E-state index in [1.165, 1.54) is 24.3 Å². The molecule has 2 heterocycles. The predicted molar refractivity (Wildman–Crippen MR) is 111 cm³/mol. The first kappa shape index (κ1) is 20.6. The Morgan fingerprint density at radius 1 is 1.03 bits per heavy atom. The Kier molecular flexibility index (Phi) is 5.38. The number of aryl methyl sites for hydroxylation is 1. The van der Waals surface area contributed by atoms with E-state index in [2.05, 4.69) is 4.98 Å². The van der Waals surface area contributed by atoms with Crippen LogP contribution in [0, 0.1) is 12.7 Å². The molecule has 0 aliphatic carbocycles. The van der Waals surface area contributed by atoms with E-state index in [-0.39, 0.29) is 39.5 Å². The van der Waals surface area contributed by atoms with Gasteiger partial charge in [-0.3, -0.25) is 0 Å². The summed E-state index contributed by atoms with van der Waals surface area (Å²) in [5, 5.41) is -0.217. The van der Waals surface area contributed by atoms with Crippen molar-refractivity contribution in [3.63, 3.8) is 0 Å². The fraction of sp³-hybridized carbons (Fsp3) is 0.318. The first-order valence-electron chi connectivity index (χ1n) is 9.73. The minimum atomic E-state index is -3.98. The number of oxazole rings is 1. The van der Waals surface area contributed by atoms with Gasteiger partial charge in [-0.2, -0.15) is 4.98 Å². The maximum absolute atomic E-state index is 14.4. The van der Waals surface area contributed by atoms with E-state index in [0.29, 0.717) is 13.1 Å². The number of hydrogen-bond acceptors (Lipinski definition) is 6. The molecule has 0 bridgehead atoms. The smallest absolute Gasteiger partial charge is 0.236 e. The molecule has 1 saturated heterocycles. The van der Waals surface area contributed by atoms with Gasteiger partial charge in [-0.05, 0) is 45.0 Å². The number of halogens is 1. The van der Waals surface area contributed by atoms with Crippen molar-refractivity contribution in [1.29, 1.82) is 0 Å². The normalized spacial score (nSPS) is 19.8. The quantitative estimate of drug-likeness (QED) is 0.617. The number of hydrogen-bond donors (Lipinski definition) is 0. The average molecular weight is 431 g/mol. The molecule has 4 rings (SSSR count). The van der Waals surface area contributed by atoms with Crippen molar-refractivity contribution >= 4 is 15.7 Å². The SMILES string of the molecule is Cc1ccc(S(=O)(=O)c2nc(-c3ccccc3F)oc2N2C[C@H](C)O[C@@H](C)C2)cc1. The van der Waals surface area contributed by atoms with E-state index in [9.17, 15) is 12.8 Å². The van der Waals surface area contributed by atoms with Crippen molar-refractivity contribution in [1.82, 2.24) is 4.98 Å². The highest BCUT2D eigenvalue weighted by atomic mass is 32.2. The van der Waals surface area contributed by atoms with Crippen molar-refractivity contribution in [2.24, 2.45) is 0 Å². The van der Waals surface area contributed by atoms with Gasteiger partial charge in [-0.25, -0.2) is 12.8 Å². The monoisotopic (exact) mass is 430 g/mol. The fourth-order valence-corrected chi connectivity index (χ4v) is 4.92. The number of ether oxygens (including phenoxy) is 1. The molecule has 0 saturated carbocycles. The van der Waals surface area contributed by atoms with Crippen LogP contribution in [0.4, 0.5) is 10.3 Å². The maximum Gasteiger partial charge on any atom is 0.236 e. The van der Waals surface area contributed by atoms with Gasteiger partial charge in [-0.15, -0.1) is 0 Å². The summed E-state index contributed by atoms with van der Waals surface area (Å²) in [4.78, 5) is 6.17. The van der Waals surface area contributed by atoms with Gasteiger partial charge in [0.05, 0.1) is 22.7 Å². The Morgan fingerprint density at radius 2 is 1.67 bits per heavy atom. The van der Waals surface area contributed by atoms with Crippen molar-refractivity contribution in [3.05, 3.63) is 59.9 Å². The molecule has 158 valence electrons. The van der Waals surface area contributed by atoms with Crippen molar-refractivity contribution in [3.8, 4) is 11.5 Å². The lowest BCUT2D eigenvalue weighted by Crippen LogP contribution is -2.45. The number of sulfone groups is 1. The molecule has 2 atom stereocenters. The molecule has 1 aliphatic heterocycles. The molecule has 0 amide bonds. The van der Waals surface area contributed by atoms with Gasteiger partial charge in [-0.1, -0.05) is 29.8 Å². The van der Waals surface area contributed by atoms with Crippen LogP contribution in [0.25, 0.3) is 11.5 Å². The third-order valence-corrected chi connectivity index (χ3v) is 6.64. The van der Waals surface area contributed by atoms with Gasteiger partial charge in [0.25, 0.3) is 0 Å². The van der Waals surface area contributed by atoms with Crippen LogP contribution in [0.3, 0.4) is 0 Å². The second-order valence-electron chi connectivity index (χ2n) is 7.59. The van der Waals surface area contributed by atoms with Crippen molar-refractivity contribution < 1.29 is 22.0 Å². The lowest BCUT2D eigenvalue weighted by molar-refractivity contribution is -0.00657. The zero-order valence-corrected chi connectivity index (χ0v) is 17.8. The fourth-order valence-electron chi connectivity index (χ4n) is 3.60. The van der Waals surface area contributed by atoms with Gasteiger partial charge in [0.15, 0.2) is 0 Å². The van der Waals surface area contributed by atoms with Gasteiger partial charge in [0.1, 0.15) is 5.82 Å². The largest absolute Gasteiger partial charge is 0.419 e. The average Bonchev–Trinajstić information content (AvgIpc) is 3.14. The van der Waals surface area contributed by atoms with Gasteiger partial charge in [0, 0.05) is 13.1 Å². The van der Waals surface area contributed by atoms with Crippen LogP contribution >= 0.6 is 0 Å². The van der Waals surface area contributed by atoms with Gasteiger partial charge >= 0.3 is 0 Å². The van der Waals surface area contributed by atoms with Gasteiger partial charge < -0.3 is 14.1 Å². The highest BCUT2D eigenvalue weighted by Gasteiger charge is 2.34. The Hall–Kier alpha value is -2.71. The molecule has 8 heteroatoms. The Bertz CT molecular complexity index is 1150. The molecule has 1 aromatic heterocycles. The van der Waals surface area contributed by atoms with Crippen LogP contribution < -0.4 is 4.90 Å². The highest BCUT2D eigenvalue weighted by molar-refractivity contribution is 7.91. The first-order chi connectivity index (χ1) is 14.3. The Morgan fingerprint density at radius 3 is 2.30 bits per heavy atom. The number of morpholine rings is 1. The van der Waals surface area contributed by atoms with Crippen LogP contribution in [0.15, 0.2) is 62.9 Å². The topological polar surface area (TPSA) is 72.6 Å². The van der Waals surface area contributed by atoms with Crippen LogP contribution in [0.2, 0.25) is 0 Å². The zero-order chi connectivity index (χ0) is 21.5.